The van der Waals surface area contributed by atoms with Crippen LogP contribution in [0, 0.1) is 0 Å². The van der Waals surface area contributed by atoms with Crippen LogP contribution in [0.25, 0.3) is 5.76 Å². The molecule has 1 heterocycles. The second-order valence-electron chi connectivity index (χ2n) is 7.13. The number of nitrogens with zero attached hydrogens (tertiary/aromatic N) is 1. The van der Waals surface area contributed by atoms with Crippen molar-refractivity contribution in [3.63, 3.8) is 0 Å². The van der Waals surface area contributed by atoms with Crippen LogP contribution >= 0.6 is 15.9 Å². The summed E-state index contributed by atoms with van der Waals surface area (Å²) in [5, 5.41) is 16.1. The SMILES string of the molecule is NS(=O)(=O)c1ccc(N2C(=O)C(=O)/C(=C(/O)c3ccccc3)C2c2ccc(Br)cc2)cc1. The van der Waals surface area contributed by atoms with Crippen LogP contribution in [0.1, 0.15) is 17.2 Å². The average Bonchev–Trinajstić information content (AvgIpc) is 3.04. The lowest BCUT2D eigenvalue weighted by molar-refractivity contribution is -0.132. The minimum Gasteiger partial charge on any atom is -0.507 e. The van der Waals surface area contributed by atoms with E-state index in [0.717, 1.165) is 4.47 Å². The highest BCUT2D eigenvalue weighted by Gasteiger charge is 2.46. The van der Waals surface area contributed by atoms with E-state index in [2.05, 4.69) is 15.9 Å². The largest absolute Gasteiger partial charge is 0.507 e. The summed E-state index contributed by atoms with van der Waals surface area (Å²) in [6.45, 7) is 0. The van der Waals surface area contributed by atoms with Crippen LogP contribution < -0.4 is 10.0 Å². The van der Waals surface area contributed by atoms with Crippen molar-refractivity contribution >= 4 is 49.1 Å². The molecular formula is C23H17BrN2O5S. The number of sulfonamides is 1. The number of amides is 1. The molecule has 4 rings (SSSR count). The minimum atomic E-state index is -3.92. The number of halogens is 1. The van der Waals surface area contributed by atoms with E-state index < -0.39 is 27.8 Å². The van der Waals surface area contributed by atoms with Crippen LogP contribution in [0.5, 0.6) is 0 Å². The van der Waals surface area contributed by atoms with Gasteiger partial charge in [-0.1, -0.05) is 58.4 Å². The molecule has 3 aromatic rings. The van der Waals surface area contributed by atoms with Crippen molar-refractivity contribution in [1.29, 1.82) is 0 Å². The van der Waals surface area contributed by atoms with Crippen molar-refractivity contribution in [1.82, 2.24) is 0 Å². The molecule has 9 heteroatoms. The number of rotatable bonds is 4. The monoisotopic (exact) mass is 512 g/mol. The second kappa shape index (κ2) is 8.34. The number of anilines is 1. The third-order valence-electron chi connectivity index (χ3n) is 5.12. The van der Waals surface area contributed by atoms with E-state index in [4.69, 9.17) is 5.14 Å². The van der Waals surface area contributed by atoms with Crippen LogP contribution in [0.15, 0.2) is 93.8 Å². The first-order valence-electron chi connectivity index (χ1n) is 9.43. The molecule has 1 atom stereocenters. The first-order chi connectivity index (χ1) is 15.2. The molecule has 3 aromatic carbocycles. The fourth-order valence-corrected chi connectivity index (χ4v) is 4.39. The summed E-state index contributed by atoms with van der Waals surface area (Å²) in [5.74, 6) is -1.96. The predicted octanol–water partition coefficient (Wildman–Crippen LogP) is 3.72. The molecule has 0 spiro atoms. The third-order valence-corrected chi connectivity index (χ3v) is 6.58. The van der Waals surface area contributed by atoms with Crippen LogP contribution in [0.3, 0.4) is 0 Å². The van der Waals surface area contributed by atoms with E-state index in [0.29, 0.717) is 16.8 Å². The van der Waals surface area contributed by atoms with Crippen molar-refractivity contribution in [3.8, 4) is 0 Å². The number of primary sulfonamides is 1. The van der Waals surface area contributed by atoms with Gasteiger partial charge in [0.25, 0.3) is 11.7 Å². The molecule has 1 aliphatic heterocycles. The number of hydrogen-bond donors (Lipinski definition) is 2. The summed E-state index contributed by atoms with van der Waals surface area (Å²) in [4.78, 5) is 27.2. The predicted molar refractivity (Wildman–Crippen MR) is 123 cm³/mol. The van der Waals surface area contributed by atoms with Crippen molar-refractivity contribution in [3.05, 3.63) is 100 Å². The second-order valence-corrected chi connectivity index (χ2v) is 9.60. The molecule has 3 N–H and O–H groups in total. The van der Waals surface area contributed by atoms with Gasteiger partial charge in [-0.25, -0.2) is 13.6 Å². The zero-order chi connectivity index (χ0) is 23.0. The number of nitrogens with two attached hydrogens (primary N) is 1. The van der Waals surface area contributed by atoms with E-state index in [9.17, 15) is 23.1 Å². The van der Waals surface area contributed by atoms with Gasteiger partial charge in [-0.2, -0.15) is 0 Å². The summed E-state index contributed by atoms with van der Waals surface area (Å²) in [5.41, 5.74) is 1.23. The lowest BCUT2D eigenvalue weighted by Crippen LogP contribution is -2.29. The summed E-state index contributed by atoms with van der Waals surface area (Å²) in [6, 6.07) is 19.9. The fourth-order valence-electron chi connectivity index (χ4n) is 3.61. The number of benzene rings is 3. The van der Waals surface area contributed by atoms with Crippen LogP contribution in [-0.2, 0) is 19.6 Å². The van der Waals surface area contributed by atoms with E-state index in [1.54, 1.807) is 54.6 Å². The van der Waals surface area contributed by atoms with Gasteiger partial charge in [-0.05, 0) is 42.0 Å². The number of ketones is 1. The Hall–Kier alpha value is -3.27. The lowest BCUT2D eigenvalue weighted by atomic mass is 9.95. The average molecular weight is 513 g/mol. The van der Waals surface area contributed by atoms with Gasteiger partial charge in [-0.3, -0.25) is 14.5 Å². The maximum absolute atomic E-state index is 13.1. The van der Waals surface area contributed by atoms with Crippen molar-refractivity contribution in [2.24, 2.45) is 5.14 Å². The fraction of sp³-hybridized carbons (Fsp3) is 0.0435. The standard InChI is InChI=1S/C23H17BrN2O5S/c24-16-8-6-14(7-9-16)20-19(21(27)15-4-2-1-3-5-15)22(28)23(29)26(20)17-10-12-18(13-11-17)32(25,30)31/h1-13,20,27H,(H2,25,30,31)/b21-19+. The molecule has 0 aliphatic carbocycles. The van der Waals surface area contributed by atoms with Gasteiger partial charge in [0.2, 0.25) is 10.0 Å². The summed E-state index contributed by atoms with van der Waals surface area (Å²) >= 11 is 3.37. The Morgan fingerprint density at radius 3 is 2.06 bits per heavy atom. The Morgan fingerprint density at radius 1 is 0.906 bits per heavy atom. The number of carbonyl (C=O) groups is 2. The van der Waals surface area contributed by atoms with E-state index in [-0.39, 0.29) is 16.2 Å². The highest BCUT2D eigenvalue weighted by atomic mass is 79.9. The van der Waals surface area contributed by atoms with Gasteiger partial charge < -0.3 is 5.11 Å². The molecule has 1 unspecified atom stereocenters. The molecule has 0 saturated carbocycles. The maximum Gasteiger partial charge on any atom is 0.300 e. The Balaban J connectivity index is 1.92. The molecule has 1 fully saturated rings. The van der Waals surface area contributed by atoms with Gasteiger partial charge in [-0.15, -0.1) is 0 Å². The molecule has 0 radical (unpaired) electrons. The van der Waals surface area contributed by atoms with E-state index in [1.807, 2.05) is 0 Å². The number of hydrogen-bond acceptors (Lipinski definition) is 5. The van der Waals surface area contributed by atoms with Gasteiger partial charge in [0.05, 0.1) is 16.5 Å². The van der Waals surface area contributed by atoms with Gasteiger partial charge in [0.1, 0.15) is 5.76 Å². The number of aliphatic hydroxyl groups excluding tert-OH is 1. The third kappa shape index (κ3) is 3.97. The Kier molecular flexibility index (Phi) is 5.72. The normalized spacial score (nSPS) is 18.2. The van der Waals surface area contributed by atoms with Crippen molar-refractivity contribution in [2.45, 2.75) is 10.9 Å². The highest BCUT2D eigenvalue weighted by molar-refractivity contribution is 9.10. The topological polar surface area (TPSA) is 118 Å². The number of carbonyl (C=O) groups excluding carboxylic acids is 2. The first kappa shape index (κ1) is 21.9. The zero-order valence-corrected chi connectivity index (χ0v) is 18.9. The van der Waals surface area contributed by atoms with Crippen LogP contribution in [0.4, 0.5) is 5.69 Å². The number of aliphatic hydroxyl groups is 1. The van der Waals surface area contributed by atoms with Crippen molar-refractivity contribution in [2.75, 3.05) is 4.90 Å². The van der Waals surface area contributed by atoms with Gasteiger partial charge in [0, 0.05) is 15.7 Å². The quantitative estimate of drug-likeness (QED) is 0.313. The first-order valence-corrected chi connectivity index (χ1v) is 11.8. The van der Waals surface area contributed by atoms with E-state index in [1.165, 1.54) is 29.2 Å². The molecule has 0 bridgehead atoms. The van der Waals surface area contributed by atoms with Crippen LogP contribution in [0.2, 0.25) is 0 Å². The molecule has 0 aromatic heterocycles. The summed E-state index contributed by atoms with van der Waals surface area (Å²) in [7, 11) is -3.92. The highest BCUT2D eigenvalue weighted by Crippen LogP contribution is 2.42. The smallest absolute Gasteiger partial charge is 0.300 e. The molecular weight excluding hydrogens is 496 g/mol. The Morgan fingerprint density at radius 2 is 1.50 bits per heavy atom. The molecule has 1 amide bonds. The van der Waals surface area contributed by atoms with Crippen LogP contribution in [-0.4, -0.2) is 25.2 Å². The van der Waals surface area contributed by atoms with E-state index >= 15 is 0 Å². The Labute approximate surface area is 193 Å². The lowest BCUT2D eigenvalue weighted by Gasteiger charge is -2.25. The molecule has 162 valence electrons. The summed E-state index contributed by atoms with van der Waals surface area (Å²) in [6.07, 6.45) is 0. The van der Waals surface area contributed by atoms with Crippen molar-refractivity contribution < 1.29 is 23.1 Å². The van der Waals surface area contributed by atoms with Gasteiger partial charge in [0.15, 0.2) is 0 Å². The Bertz CT molecular complexity index is 1340. The summed E-state index contributed by atoms with van der Waals surface area (Å²) < 4.78 is 24.0. The minimum absolute atomic E-state index is 0.0564. The molecule has 1 saturated heterocycles. The maximum atomic E-state index is 13.1. The molecule has 32 heavy (non-hydrogen) atoms. The molecule has 7 nitrogen and oxygen atoms in total. The number of Topliss-reactive ketones (excluding diaryl/α,β-unsaturated/α-hetero) is 1. The zero-order valence-electron chi connectivity index (χ0n) is 16.5. The molecule has 1 aliphatic rings. The van der Waals surface area contributed by atoms with Gasteiger partial charge >= 0.3 is 0 Å².